The normalized spacial score (nSPS) is 9.65. The van der Waals surface area contributed by atoms with Gasteiger partial charge in [0.2, 0.25) is 0 Å². The van der Waals surface area contributed by atoms with Crippen molar-refractivity contribution in [3.63, 3.8) is 0 Å². The van der Waals surface area contributed by atoms with Gasteiger partial charge in [0.25, 0.3) is 0 Å². The first-order valence-electron chi connectivity index (χ1n) is 5.25. The maximum Gasteiger partial charge on any atom is 0.341 e. The van der Waals surface area contributed by atoms with E-state index in [0.717, 1.165) is 0 Å². The number of rotatable bonds is 5. The molecule has 0 aliphatic carbocycles. The van der Waals surface area contributed by atoms with Crippen LogP contribution in [0.4, 0.5) is 5.69 Å². The van der Waals surface area contributed by atoms with Gasteiger partial charge in [0.1, 0.15) is 5.56 Å². The minimum Gasteiger partial charge on any atom is -0.462 e. The summed E-state index contributed by atoms with van der Waals surface area (Å²) >= 11 is 5.86. The van der Waals surface area contributed by atoms with Crippen molar-refractivity contribution >= 4 is 23.3 Å². The Kier molecular flexibility index (Phi) is 5.31. The molecule has 0 aromatic heterocycles. The van der Waals surface area contributed by atoms with Crippen molar-refractivity contribution in [3.8, 4) is 6.07 Å². The average Bonchev–Trinajstić information content (AvgIpc) is 2.28. The van der Waals surface area contributed by atoms with Crippen molar-refractivity contribution < 1.29 is 9.53 Å². The molecule has 0 aliphatic heterocycles. The first-order valence-corrected chi connectivity index (χ1v) is 5.62. The number of ether oxygens (including phenoxy) is 1. The Morgan fingerprint density at radius 3 is 2.88 bits per heavy atom. The van der Waals surface area contributed by atoms with Crippen molar-refractivity contribution in [1.29, 1.82) is 5.26 Å². The van der Waals surface area contributed by atoms with Crippen LogP contribution in [-0.2, 0) is 4.74 Å². The van der Waals surface area contributed by atoms with Crippen LogP contribution in [0, 0.1) is 11.3 Å². The fourth-order valence-electron chi connectivity index (χ4n) is 1.30. The molecular formula is C12H13ClN2O2. The number of esters is 1. The van der Waals surface area contributed by atoms with E-state index < -0.39 is 5.97 Å². The zero-order valence-electron chi connectivity index (χ0n) is 9.28. The van der Waals surface area contributed by atoms with E-state index in [0.29, 0.717) is 24.9 Å². The highest BCUT2D eigenvalue weighted by atomic mass is 35.5. The number of anilines is 1. The zero-order valence-corrected chi connectivity index (χ0v) is 10.0. The lowest BCUT2D eigenvalue weighted by molar-refractivity contribution is 0.0500. The molecule has 0 fully saturated rings. The molecule has 0 saturated heterocycles. The number of nitrogen functional groups attached to an aromatic ring is 1. The molecule has 1 aromatic carbocycles. The van der Waals surface area contributed by atoms with E-state index in [2.05, 4.69) is 0 Å². The van der Waals surface area contributed by atoms with E-state index in [9.17, 15) is 4.79 Å². The molecule has 0 atom stereocenters. The van der Waals surface area contributed by atoms with Crippen molar-refractivity contribution in [2.75, 3.05) is 12.3 Å². The Hall–Kier alpha value is -1.73. The van der Waals surface area contributed by atoms with Crippen LogP contribution in [0.25, 0.3) is 0 Å². The van der Waals surface area contributed by atoms with Crippen molar-refractivity contribution in [2.24, 2.45) is 0 Å². The topological polar surface area (TPSA) is 76.1 Å². The maximum absolute atomic E-state index is 11.7. The first kappa shape index (κ1) is 13.3. The van der Waals surface area contributed by atoms with Gasteiger partial charge in [-0.2, -0.15) is 5.26 Å². The van der Waals surface area contributed by atoms with Crippen molar-refractivity contribution in [2.45, 2.75) is 19.3 Å². The second-order valence-electron chi connectivity index (χ2n) is 3.46. The number of nitrogens with two attached hydrogens (primary N) is 1. The van der Waals surface area contributed by atoms with E-state index >= 15 is 0 Å². The molecule has 5 heteroatoms. The van der Waals surface area contributed by atoms with Gasteiger partial charge in [-0.05, 0) is 25.0 Å². The second kappa shape index (κ2) is 6.77. The molecule has 0 heterocycles. The van der Waals surface area contributed by atoms with E-state index in [1.807, 2.05) is 6.07 Å². The summed E-state index contributed by atoms with van der Waals surface area (Å²) in [6.07, 6.45) is 1.83. The largest absolute Gasteiger partial charge is 0.462 e. The lowest BCUT2D eigenvalue weighted by Gasteiger charge is -2.07. The quantitative estimate of drug-likeness (QED) is 0.497. The molecular weight excluding hydrogens is 240 g/mol. The SMILES string of the molecule is N#CCCCCOC(=O)c1c(N)cccc1Cl. The van der Waals surface area contributed by atoms with Gasteiger partial charge >= 0.3 is 5.97 Å². The number of nitrogens with zero attached hydrogens (tertiary/aromatic N) is 1. The molecule has 0 radical (unpaired) electrons. The highest BCUT2D eigenvalue weighted by molar-refractivity contribution is 6.34. The number of halogens is 1. The summed E-state index contributed by atoms with van der Waals surface area (Å²) in [6, 6.07) is 6.88. The number of carbonyl (C=O) groups excluding carboxylic acids is 1. The standard InChI is InChI=1S/C12H13ClN2O2/c13-9-5-4-6-10(15)11(9)12(16)17-8-3-1-2-7-14/h4-6H,1-3,8,15H2. The van der Waals surface area contributed by atoms with Gasteiger partial charge in [0.15, 0.2) is 0 Å². The molecule has 0 unspecified atom stereocenters. The van der Waals surface area contributed by atoms with Gasteiger partial charge in [-0.1, -0.05) is 17.7 Å². The number of unbranched alkanes of at least 4 members (excludes halogenated alkanes) is 2. The number of carbonyl (C=O) groups is 1. The maximum atomic E-state index is 11.7. The van der Waals surface area contributed by atoms with E-state index in [-0.39, 0.29) is 17.2 Å². The second-order valence-corrected chi connectivity index (χ2v) is 3.86. The van der Waals surface area contributed by atoms with E-state index in [4.69, 9.17) is 27.3 Å². The Balaban J connectivity index is 2.51. The van der Waals surface area contributed by atoms with Crippen LogP contribution in [0.15, 0.2) is 18.2 Å². The third-order valence-electron chi connectivity index (χ3n) is 2.17. The summed E-state index contributed by atoms with van der Waals surface area (Å²) in [4.78, 5) is 11.7. The molecule has 2 N–H and O–H groups in total. The van der Waals surface area contributed by atoms with Gasteiger partial charge in [-0.25, -0.2) is 4.79 Å². The van der Waals surface area contributed by atoms with E-state index in [1.165, 1.54) is 0 Å². The Morgan fingerprint density at radius 2 is 2.24 bits per heavy atom. The minimum atomic E-state index is -0.523. The molecule has 1 rings (SSSR count). The van der Waals surface area contributed by atoms with Gasteiger partial charge in [0.05, 0.1) is 17.7 Å². The Labute approximate surface area is 105 Å². The summed E-state index contributed by atoms with van der Waals surface area (Å²) in [5, 5.41) is 8.62. The Bertz CT molecular complexity index is 420. The van der Waals surface area contributed by atoms with E-state index in [1.54, 1.807) is 18.2 Å². The van der Waals surface area contributed by atoms with Gasteiger partial charge in [-0.15, -0.1) is 0 Å². The highest BCUT2D eigenvalue weighted by Gasteiger charge is 2.14. The number of benzene rings is 1. The van der Waals surface area contributed by atoms with Crippen molar-refractivity contribution in [3.05, 3.63) is 28.8 Å². The van der Waals surface area contributed by atoms with Gasteiger partial charge in [-0.3, -0.25) is 0 Å². The number of hydrogen-bond donors (Lipinski definition) is 1. The smallest absolute Gasteiger partial charge is 0.341 e. The Morgan fingerprint density at radius 1 is 1.47 bits per heavy atom. The molecule has 0 aliphatic rings. The average molecular weight is 253 g/mol. The molecule has 1 aromatic rings. The predicted octanol–water partition coefficient (Wildman–Crippen LogP) is 2.77. The predicted molar refractivity (Wildman–Crippen MR) is 65.6 cm³/mol. The van der Waals surface area contributed by atoms with Crippen LogP contribution in [0.2, 0.25) is 5.02 Å². The third kappa shape index (κ3) is 3.97. The number of hydrogen-bond acceptors (Lipinski definition) is 4. The van der Waals surface area contributed by atoms with Crippen LogP contribution in [-0.4, -0.2) is 12.6 Å². The lowest BCUT2D eigenvalue weighted by Crippen LogP contribution is -2.09. The molecule has 0 saturated carbocycles. The van der Waals surface area contributed by atoms with Crippen LogP contribution in [0.1, 0.15) is 29.6 Å². The monoisotopic (exact) mass is 252 g/mol. The van der Waals surface area contributed by atoms with Gasteiger partial charge in [0, 0.05) is 12.1 Å². The lowest BCUT2D eigenvalue weighted by atomic mass is 10.2. The zero-order chi connectivity index (χ0) is 12.7. The summed E-state index contributed by atoms with van der Waals surface area (Å²) < 4.78 is 5.02. The molecule has 90 valence electrons. The third-order valence-corrected chi connectivity index (χ3v) is 2.48. The molecule has 4 nitrogen and oxygen atoms in total. The first-order chi connectivity index (χ1) is 8.16. The fourth-order valence-corrected chi connectivity index (χ4v) is 1.56. The summed E-state index contributed by atoms with van der Waals surface area (Å²) in [5.41, 5.74) is 6.15. The fraction of sp³-hybridized carbons (Fsp3) is 0.333. The van der Waals surface area contributed by atoms with Crippen LogP contribution in [0.3, 0.4) is 0 Å². The molecule has 17 heavy (non-hydrogen) atoms. The van der Waals surface area contributed by atoms with Gasteiger partial charge < -0.3 is 10.5 Å². The highest BCUT2D eigenvalue weighted by Crippen LogP contribution is 2.22. The minimum absolute atomic E-state index is 0.203. The summed E-state index contributed by atoms with van der Waals surface area (Å²) in [5.74, 6) is -0.523. The summed E-state index contributed by atoms with van der Waals surface area (Å²) in [7, 11) is 0. The van der Waals surface area contributed by atoms with Crippen LogP contribution >= 0.6 is 11.6 Å². The molecule has 0 bridgehead atoms. The van der Waals surface area contributed by atoms with Crippen LogP contribution < -0.4 is 5.73 Å². The molecule has 0 amide bonds. The number of nitriles is 1. The van der Waals surface area contributed by atoms with Crippen molar-refractivity contribution in [1.82, 2.24) is 0 Å². The summed E-state index contributed by atoms with van der Waals surface area (Å²) in [6.45, 7) is 0.269. The van der Waals surface area contributed by atoms with Crippen LogP contribution in [0.5, 0.6) is 0 Å². The molecule has 0 spiro atoms.